The molecule has 1 fully saturated rings. The standard InChI is InChI=1S/C14H16F3N3O3.ClH/c1-8-4-9(6-18)7-19(8)13(21)11-3-2-10(14(15,16)17)5-12(11)20(22)23;/h2-3,5,8-9H,4,6-7,18H2,1H3;1H. The molecule has 0 spiro atoms. The highest BCUT2D eigenvalue weighted by atomic mass is 35.5. The SMILES string of the molecule is CC1CC(CN)CN1C(=O)c1ccc(C(F)(F)F)cc1[N+](=O)[O-].Cl. The van der Waals surface area contributed by atoms with Gasteiger partial charge in [-0.05, 0) is 37.9 Å². The van der Waals surface area contributed by atoms with Crippen molar-refractivity contribution in [3.8, 4) is 0 Å². The van der Waals surface area contributed by atoms with Gasteiger partial charge >= 0.3 is 6.18 Å². The second kappa shape index (κ2) is 7.35. The molecule has 1 aromatic carbocycles. The third-order valence-electron chi connectivity index (χ3n) is 4.01. The maximum Gasteiger partial charge on any atom is 0.416 e. The number of hydrogen-bond acceptors (Lipinski definition) is 4. The minimum atomic E-state index is -4.71. The van der Waals surface area contributed by atoms with Crippen LogP contribution in [0.5, 0.6) is 0 Å². The first-order valence-corrected chi connectivity index (χ1v) is 7.01. The summed E-state index contributed by atoms with van der Waals surface area (Å²) in [7, 11) is 0. The number of nitrogens with zero attached hydrogens (tertiary/aromatic N) is 2. The van der Waals surface area contributed by atoms with E-state index >= 15 is 0 Å². The van der Waals surface area contributed by atoms with Crippen LogP contribution in [0.15, 0.2) is 18.2 Å². The van der Waals surface area contributed by atoms with Crippen molar-refractivity contribution in [2.24, 2.45) is 11.7 Å². The molecule has 24 heavy (non-hydrogen) atoms. The van der Waals surface area contributed by atoms with E-state index in [-0.39, 0.29) is 29.9 Å². The van der Waals surface area contributed by atoms with Crippen LogP contribution >= 0.6 is 12.4 Å². The van der Waals surface area contributed by atoms with E-state index in [4.69, 9.17) is 5.73 Å². The molecular weight excluding hydrogens is 351 g/mol. The number of carbonyl (C=O) groups excluding carboxylic acids is 1. The summed E-state index contributed by atoms with van der Waals surface area (Å²) < 4.78 is 38.1. The van der Waals surface area contributed by atoms with Gasteiger partial charge in [0.1, 0.15) is 5.56 Å². The fourth-order valence-electron chi connectivity index (χ4n) is 2.79. The molecule has 2 rings (SSSR count). The Morgan fingerprint density at radius 1 is 1.46 bits per heavy atom. The van der Waals surface area contributed by atoms with E-state index in [1.54, 1.807) is 6.92 Å². The van der Waals surface area contributed by atoms with Crippen molar-refractivity contribution in [1.82, 2.24) is 4.90 Å². The van der Waals surface area contributed by atoms with Crippen LogP contribution in [0.25, 0.3) is 0 Å². The maximum atomic E-state index is 12.7. The van der Waals surface area contributed by atoms with Gasteiger partial charge in [0.05, 0.1) is 10.5 Å². The van der Waals surface area contributed by atoms with Crippen LogP contribution in [0.3, 0.4) is 0 Å². The van der Waals surface area contributed by atoms with Crippen molar-refractivity contribution in [3.63, 3.8) is 0 Å². The van der Waals surface area contributed by atoms with Crippen LogP contribution in [-0.2, 0) is 6.18 Å². The number of nitro benzene ring substituents is 1. The Labute approximate surface area is 142 Å². The number of amides is 1. The zero-order valence-corrected chi connectivity index (χ0v) is 13.6. The summed E-state index contributed by atoms with van der Waals surface area (Å²) in [6, 6.07) is 1.78. The van der Waals surface area contributed by atoms with Gasteiger partial charge in [-0.25, -0.2) is 0 Å². The lowest BCUT2D eigenvalue weighted by atomic mass is 10.1. The topological polar surface area (TPSA) is 89.5 Å². The normalized spacial score (nSPS) is 20.6. The highest BCUT2D eigenvalue weighted by Crippen LogP contribution is 2.34. The van der Waals surface area contributed by atoms with Crippen molar-refractivity contribution in [3.05, 3.63) is 39.4 Å². The first-order chi connectivity index (χ1) is 10.6. The Hall–Kier alpha value is -1.87. The van der Waals surface area contributed by atoms with Crippen LogP contribution < -0.4 is 5.73 Å². The fourth-order valence-corrected chi connectivity index (χ4v) is 2.79. The van der Waals surface area contributed by atoms with Crippen LogP contribution in [0, 0.1) is 16.0 Å². The maximum absolute atomic E-state index is 12.7. The lowest BCUT2D eigenvalue weighted by Gasteiger charge is -2.21. The molecule has 0 saturated carbocycles. The monoisotopic (exact) mass is 367 g/mol. The average Bonchev–Trinajstić information content (AvgIpc) is 2.86. The van der Waals surface area contributed by atoms with Gasteiger partial charge in [0, 0.05) is 18.7 Å². The summed E-state index contributed by atoms with van der Waals surface area (Å²) in [6.07, 6.45) is -4.05. The Kier molecular flexibility index (Phi) is 6.18. The number of carbonyl (C=O) groups is 1. The lowest BCUT2D eigenvalue weighted by Crippen LogP contribution is -2.34. The van der Waals surface area contributed by atoms with Crippen molar-refractivity contribution < 1.29 is 22.9 Å². The Morgan fingerprint density at radius 2 is 2.08 bits per heavy atom. The van der Waals surface area contributed by atoms with Gasteiger partial charge in [-0.15, -0.1) is 12.4 Å². The summed E-state index contributed by atoms with van der Waals surface area (Å²) in [4.78, 5) is 24.0. The molecule has 6 nitrogen and oxygen atoms in total. The Balaban J connectivity index is 0.00000288. The lowest BCUT2D eigenvalue weighted by molar-refractivity contribution is -0.385. The predicted molar refractivity (Wildman–Crippen MR) is 83.0 cm³/mol. The van der Waals surface area contributed by atoms with Crippen molar-refractivity contribution in [2.45, 2.75) is 25.6 Å². The van der Waals surface area contributed by atoms with E-state index in [1.807, 2.05) is 0 Å². The molecule has 0 aliphatic carbocycles. The molecule has 2 N–H and O–H groups in total. The number of halogens is 4. The first kappa shape index (κ1) is 20.2. The minimum Gasteiger partial charge on any atom is -0.335 e. The highest BCUT2D eigenvalue weighted by molar-refractivity contribution is 5.98. The third-order valence-corrected chi connectivity index (χ3v) is 4.01. The summed E-state index contributed by atoms with van der Waals surface area (Å²) >= 11 is 0. The molecule has 1 heterocycles. The number of nitro groups is 1. The number of benzene rings is 1. The summed E-state index contributed by atoms with van der Waals surface area (Å²) in [6.45, 7) is 2.50. The van der Waals surface area contributed by atoms with E-state index in [0.29, 0.717) is 31.6 Å². The van der Waals surface area contributed by atoms with Gasteiger partial charge in [0.15, 0.2) is 0 Å². The molecule has 1 amide bonds. The molecule has 1 saturated heterocycles. The second-order valence-electron chi connectivity index (χ2n) is 5.63. The van der Waals surface area contributed by atoms with Gasteiger partial charge in [-0.1, -0.05) is 0 Å². The average molecular weight is 368 g/mol. The zero-order chi connectivity index (χ0) is 17.4. The molecule has 2 atom stereocenters. The van der Waals surface area contributed by atoms with Crippen molar-refractivity contribution in [2.75, 3.05) is 13.1 Å². The second-order valence-corrected chi connectivity index (χ2v) is 5.63. The molecule has 2 unspecified atom stereocenters. The van der Waals surface area contributed by atoms with Crippen LogP contribution in [0.4, 0.5) is 18.9 Å². The predicted octanol–water partition coefficient (Wildman–Crippen LogP) is 2.84. The molecule has 1 aliphatic rings. The van der Waals surface area contributed by atoms with Crippen molar-refractivity contribution >= 4 is 24.0 Å². The van der Waals surface area contributed by atoms with E-state index in [9.17, 15) is 28.1 Å². The van der Waals surface area contributed by atoms with Gasteiger partial charge in [-0.3, -0.25) is 14.9 Å². The molecule has 0 bridgehead atoms. The molecule has 0 aromatic heterocycles. The minimum absolute atomic E-state index is 0. The molecule has 134 valence electrons. The van der Waals surface area contributed by atoms with Crippen LogP contribution in [0.1, 0.15) is 29.3 Å². The molecule has 10 heteroatoms. The van der Waals surface area contributed by atoms with Gasteiger partial charge in [-0.2, -0.15) is 13.2 Å². The van der Waals surface area contributed by atoms with E-state index in [2.05, 4.69) is 0 Å². The molecular formula is C14H17ClF3N3O3. The number of hydrogen-bond donors (Lipinski definition) is 1. The number of nitrogens with two attached hydrogens (primary N) is 1. The largest absolute Gasteiger partial charge is 0.416 e. The zero-order valence-electron chi connectivity index (χ0n) is 12.7. The van der Waals surface area contributed by atoms with E-state index in [0.717, 1.165) is 6.07 Å². The van der Waals surface area contributed by atoms with E-state index in [1.165, 1.54) is 4.90 Å². The number of rotatable bonds is 3. The Bertz CT molecular complexity index is 639. The summed E-state index contributed by atoms with van der Waals surface area (Å²) in [5, 5.41) is 11.1. The fraction of sp³-hybridized carbons (Fsp3) is 0.500. The van der Waals surface area contributed by atoms with Crippen LogP contribution in [0.2, 0.25) is 0 Å². The summed E-state index contributed by atoms with van der Waals surface area (Å²) in [5.74, 6) is -0.559. The smallest absolute Gasteiger partial charge is 0.335 e. The molecule has 0 radical (unpaired) electrons. The number of alkyl halides is 3. The van der Waals surface area contributed by atoms with Gasteiger partial charge < -0.3 is 10.6 Å². The quantitative estimate of drug-likeness (QED) is 0.657. The summed E-state index contributed by atoms with van der Waals surface area (Å²) in [5.41, 5.74) is 3.23. The number of likely N-dealkylation sites (tertiary alicyclic amines) is 1. The van der Waals surface area contributed by atoms with E-state index < -0.39 is 28.3 Å². The van der Waals surface area contributed by atoms with Crippen LogP contribution in [-0.4, -0.2) is 34.9 Å². The molecule has 1 aliphatic heterocycles. The Morgan fingerprint density at radius 3 is 2.54 bits per heavy atom. The van der Waals surface area contributed by atoms with Gasteiger partial charge in [0.25, 0.3) is 11.6 Å². The first-order valence-electron chi connectivity index (χ1n) is 7.01. The third kappa shape index (κ3) is 3.96. The van der Waals surface area contributed by atoms with Crippen molar-refractivity contribution in [1.29, 1.82) is 0 Å². The molecule has 1 aromatic rings. The van der Waals surface area contributed by atoms with Gasteiger partial charge in [0.2, 0.25) is 0 Å². The highest BCUT2D eigenvalue weighted by Gasteiger charge is 2.37.